The van der Waals surface area contributed by atoms with Gasteiger partial charge in [-0.05, 0) is 44.2 Å². The van der Waals surface area contributed by atoms with Crippen LogP contribution in [0.15, 0.2) is 41.2 Å². The lowest BCUT2D eigenvalue weighted by Gasteiger charge is -2.10. The van der Waals surface area contributed by atoms with Gasteiger partial charge in [-0.3, -0.25) is 14.2 Å². The third kappa shape index (κ3) is 3.43. The Morgan fingerprint density at radius 2 is 1.73 bits per heavy atom. The standard InChI is InChI=1S/C19H20N2O4S/c1-11(2)21-16-6-5-13(9-17(16)26-19(21)23)20-18(22)12-7-14(24-3)10-15(8-12)25-4/h5-11H,1-4H3,(H,20,22). The number of thiazole rings is 1. The number of benzene rings is 2. The van der Waals surface area contributed by atoms with E-state index in [-0.39, 0.29) is 16.8 Å². The average Bonchev–Trinajstić information content (AvgIpc) is 2.96. The van der Waals surface area contributed by atoms with E-state index >= 15 is 0 Å². The zero-order valence-electron chi connectivity index (χ0n) is 15.0. The zero-order chi connectivity index (χ0) is 18.8. The fourth-order valence-corrected chi connectivity index (χ4v) is 3.80. The Kier molecular flexibility index (Phi) is 4.99. The highest BCUT2D eigenvalue weighted by Gasteiger charge is 2.13. The van der Waals surface area contributed by atoms with Crippen LogP contribution in [0.3, 0.4) is 0 Å². The molecule has 0 spiro atoms. The summed E-state index contributed by atoms with van der Waals surface area (Å²) < 4.78 is 13.0. The summed E-state index contributed by atoms with van der Waals surface area (Å²) >= 11 is 1.17. The smallest absolute Gasteiger partial charge is 0.308 e. The summed E-state index contributed by atoms with van der Waals surface area (Å²) in [6.07, 6.45) is 0. The molecule has 0 saturated heterocycles. The van der Waals surface area contributed by atoms with Crippen molar-refractivity contribution in [3.8, 4) is 11.5 Å². The second-order valence-corrected chi connectivity index (χ2v) is 7.06. The SMILES string of the molecule is COc1cc(OC)cc(C(=O)Nc2ccc3c(c2)sc(=O)n3C(C)C)c1. The number of carbonyl (C=O) groups excluding carboxylic acids is 1. The van der Waals surface area contributed by atoms with Crippen LogP contribution < -0.4 is 19.7 Å². The van der Waals surface area contributed by atoms with Gasteiger partial charge in [-0.25, -0.2) is 0 Å². The fourth-order valence-electron chi connectivity index (χ4n) is 2.75. The van der Waals surface area contributed by atoms with Gasteiger partial charge in [-0.15, -0.1) is 0 Å². The number of carbonyl (C=O) groups is 1. The number of rotatable bonds is 5. The molecule has 3 rings (SSSR count). The Labute approximate surface area is 155 Å². The van der Waals surface area contributed by atoms with E-state index in [1.807, 2.05) is 26.0 Å². The molecule has 136 valence electrons. The van der Waals surface area contributed by atoms with Crippen LogP contribution in [-0.2, 0) is 0 Å². The van der Waals surface area contributed by atoms with Gasteiger partial charge < -0.3 is 14.8 Å². The summed E-state index contributed by atoms with van der Waals surface area (Å²) in [6.45, 7) is 3.94. The van der Waals surface area contributed by atoms with Crippen molar-refractivity contribution in [3.05, 3.63) is 51.6 Å². The molecule has 26 heavy (non-hydrogen) atoms. The molecule has 1 heterocycles. The van der Waals surface area contributed by atoms with E-state index in [0.717, 1.165) is 10.2 Å². The van der Waals surface area contributed by atoms with E-state index < -0.39 is 0 Å². The maximum Gasteiger partial charge on any atom is 0.308 e. The molecule has 0 unspecified atom stereocenters. The van der Waals surface area contributed by atoms with Gasteiger partial charge in [0.2, 0.25) is 0 Å². The van der Waals surface area contributed by atoms with Gasteiger partial charge in [0.15, 0.2) is 0 Å². The number of fused-ring (bicyclic) bond motifs is 1. The first-order valence-electron chi connectivity index (χ1n) is 8.12. The van der Waals surface area contributed by atoms with Crippen LogP contribution in [0.25, 0.3) is 10.2 Å². The van der Waals surface area contributed by atoms with Gasteiger partial charge in [-0.1, -0.05) is 11.3 Å². The first kappa shape index (κ1) is 18.0. The van der Waals surface area contributed by atoms with Gasteiger partial charge in [0.05, 0.1) is 24.4 Å². The van der Waals surface area contributed by atoms with Crippen molar-refractivity contribution < 1.29 is 14.3 Å². The number of nitrogens with zero attached hydrogens (tertiary/aromatic N) is 1. The minimum atomic E-state index is -0.280. The zero-order valence-corrected chi connectivity index (χ0v) is 15.8. The topological polar surface area (TPSA) is 69.6 Å². The molecular weight excluding hydrogens is 352 g/mol. The Hall–Kier alpha value is -2.80. The van der Waals surface area contributed by atoms with Crippen molar-refractivity contribution in [2.45, 2.75) is 19.9 Å². The first-order chi connectivity index (χ1) is 12.4. The number of hydrogen-bond donors (Lipinski definition) is 1. The lowest BCUT2D eigenvalue weighted by molar-refractivity contribution is 0.102. The van der Waals surface area contributed by atoms with Crippen molar-refractivity contribution in [1.82, 2.24) is 4.57 Å². The van der Waals surface area contributed by atoms with Crippen LogP contribution in [0, 0.1) is 0 Å². The summed E-state index contributed by atoms with van der Waals surface area (Å²) in [5.74, 6) is 0.798. The number of hydrogen-bond acceptors (Lipinski definition) is 5. The monoisotopic (exact) mass is 372 g/mol. The molecule has 1 aromatic heterocycles. The molecule has 0 atom stereocenters. The largest absolute Gasteiger partial charge is 0.497 e. The molecule has 0 aliphatic carbocycles. The molecule has 1 N–H and O–H groups in total. The highest BCUT2D eigenvalue weighted by atomic mass is 32.1. The second kappa shape index (κ2) is 7.21. The van der Waals surface area contributed by atoms with Crippen LogP contribution >= 0.6 is 11.3 Å². The number of ether oxygens (including phenoxy) is 2. The molecule has 1 amide bonds. The van der Waals surface area contributed by atoms with Crippen molar-refractivity contribution in [2.24, 2.45) is 0 Å². The van der Waals surface area contributed by atoms with Crippen LogP contribution in [0.5, 0.6) is 11.5 Å². The molecular formula is C19H20N2O4S. The van der Waals surface area contributed by atoms with E-state index in [4.69, 9.17) is 9.47 Å². The van der Waals surface area contributed by atoms with Crippen molar-refractivity contribution >= 4 is 33.1 Å². The lowest BCUT2D eigenvalue weighted by atomic mass is 10.1. The number of methoxy groups -OCH3 is 2. The van der Waals surface area contributed by atoms with Crippen LogP contribution in [0.1, 0.15) is 30.2 Å². The first-order valence-corrected chi connectivity index (χ1v) is 8.94. The van der Waals surface area contributed by atoms with E-state index in [2.05, 4.69) is 5.32 Å². The Balaban J connectivity index is 1.91. The summed E-state index contributed by atoms with van der Waals surface area (Å²) in [5, 5.41) is 2.86. The van der Waals surface area contributed by atoms with Crippen molar-refractivity contribution in [2.75, 3.05) is 19.5 Å². The molecule has 2 aromatic carbocycles. The fraction of sp³-hybridized carbons (Fsp3) is 0.263. The Morgan fingerprint density at radius 3 is 2.31 bits per heavy atom. The maximum absolute atomic E-state index is 12.6. The third-order valence-corrected chi connectivity index (χ3v) is 4.92. The van der Waals surface area contributed by atoms with Crippen LogP contribution in [0.4, 0.5) is 5.69 Å². The van der Waals surface area contributed by atoms with E-state index in [1.54, 1.807) is 28.8 Å². The normalized spacial score (nSPS) is 11.0. The molecule has 0 aliphatic heterocycles. The van der Waals surface area contributed by atoms with E-state index in [9.17, 15) is 9.59 Å². The summed E-state index contributed by atoms with van der Waals surface area (Å²) in [7, 11) is 3.07. The average molecular weight is 372 g/mol. The number of anilines is 1. The van der Waals surface area contributed by atoms with Gasteiger partial charge in [0, 0.05) is 23.4 Å². The Morgan fingerprint density at radius 1 is 1.08 bits per heavy atom. The minimum Gasteiger partial charge on any atom is -0.497 e. The lowest BCUT2D eigenvalue weighted by Crippen LogP contribution is -2.14. The number of nitrogens with one attached hydrogen (secondary N) is 1. The second-order valence-electron chi connectivity index (χ2n) is 6.07. The third-order valence-electron chi connectivity index (χ3n) is 4.00. The number of amides is 1. The van der Waals surface area contributed by atoms with Gasteiger partial charge in [0.25, 0.3) is 5.91 Å². The highest BCUT2D eigenvalue weighted by Crippen LogP contribution is 2.26. The van der Waals surface area contributed by atoms with Gasteiger partial charge in [0.1, 0.15) is 11.5 Å². The van der Waals surface area contributed by atoms with Gasteiger partial charge in [-0.2, -0.15) is 0 Å². The molecule has 6 nitrogen and oxygen atoms in total. The quantitative estimate of drug-likeness (QED) is 0.737. The Bertz CT molecular complexity index is 998. The van der Waals surface area contributed by atoms with Crippen LogP contribution in [0.2, 0.25) is 0 Å². The summed E-state index contributed by atoms with van der Waals surface area (Å²) in [5.41, 5.74) is 1.92. The van der Waals surface area contributed by atoms with Crippen LogP contribution in [-0.4, -0.2) is 24.7 Å². The molecule has 0 fully saturated rings. The minimum absolute atomic E-state index is 0.00370. The van der Waals surface area contributed by atoms with Crippen molar-refractivity contribution in [3.63, 3.8) is 0 Å². The highest BCUT2D eigenvalue weighted by molar-refractivity contribution is 7.16. The maximum atomic E-state index is 12.6. The summed E-state index contributed by atoms with van der Waals surface area (Å²) in [6, 6.07) is 10.5. The predicted molar refractivity (Wildman–Crippen MR) is 104 cm³/mol. The number of aromatic nitrogens is 1. The predicted octanol–water partition coefficient (Wildman–Crippen LogP) is 3.91. The molecule has 0 radical (unpaired) electrons. The van der Waals surface area contributed by atoms with E-state index in [1.165, 1.54) is 25.6 Å². The molecule has 7 heteroatoms. The molecule has 0 aliphatic rings. The molecule has 0 bridgehead atoms. The summed E-state index contributed by atoms with van der Waals surface area (Å²) in [4.78, 5) is 24.7. The molecule has 3 aromatic rings. The van der Waals surface area contributed by atoms with E-state index in [0.29, 0.717) is 22.7 Å². The molecule has 0 saturated carbocycles. The van der Waals surface area contributed by atoms with Gasteiger partial charge >= 0.3 is 4.87 Å². The van der Waals surface area contributed by atoms with Crippen molar-refractivity contribution in [1.29, 1.82) is 0 Å².